The molecule has 7 nitrogen and oxygen atoms in total. The molecule has 0 bridgehead atoms. The minimum atomic E-state index is -0.365. The lowest BCUT2D eigenvalue weighted by Gasteiger charge is -2.21. The fourth-order valence-electron chi connectivity index (χ4n) is 3.50. The van der Waals surface area contributed by atoms with Crippen molar-refractivity contribution in [3.63, 3.8) is 0 Å². The standard InChI is InChI=1S/C23H31N5O2/c1-14(2)20-18-12-24-28(23(5,6)7)21(18)22(30)27(26-20)13-19(29)25-16(4)17-10-8-15(3)9-11-17/h8-12,14,16H,13H2,1-7H3,(H,25,29)/t16-/m0/s1. The zero-order valence-corrected chi connectivity index (χ0v) is 18.9. The first-order valence-electron chi connectivity index (χ1n) is 10.3. The molecule has 0 fully saturated rings. The van der Waals surface area contributed by atoms with Crippen LogP contribution in [0.4, 0.5) is 0 Å². The van der Waals surface area contributed by atoms with Crippen LogP contribution in [0.5, 0.6) is 0 Å². The first kappa shape index (κ1) is 21.7. The largest absolute Gasteiger partial charge is 0.348 e. The third-order valence-corrected chi connectivity index (χ3v) is 5.14. The van der Waals surface area contributed by atoms with Crippen molar-refractivity contribution >= 4 is 16.8 Å². The number of aryl methyl sites for hydroxylation is 1. The lowest BCUT2D eigenvalue weighted by atomic mass is 10.1. The van der Waals surface area contributed by atoms with Crippen molar-refractivity contribution < 1.29 is 4.79 Å². The number of carbonyl (C=O) groups is 1. The van der Waals surface area contributed by atoms with Gasteiger partial charge in [-0.15, -0.1) is 0 Å². The van der Waals surface area contributed by atoms with Crippen molar-refractivity contribution in [2.24, 2.45) is 0 Å². The lowest BCUT2D eigenvalue weighted by Crippen LogP contribution is -2.37. The average Bonchev–Trinajstić information content (AvgIpc) is 3.10. The van der Waals surface area contributed by atoms with Gasteiger partial charge in [-0.3, -0.25) is 14.3 Å². The number of amides is 1. The monoisotopic (exact) mass is 409 g/mol. The number of nitrogens with zero attached hydrogens (tertiary/aromatic N) is 4. The normalized spacial score (nSPS) is 13.1. The van der Waals surface area contributed by atoms with E-state index in [1.54, 1.807) is 10.9 Å². The van der Waals surface area contributed by atoms with Gasteiger partial charge in [-0.2, -0.15) is 10.2 Å². The van der Waals surface area contributed by atoms with Crippen molar-refractivity contribution in [2.45, 2.75) is 72.5 Å². The Hall–Kier alpha value is -2.96. The summed E-state index contributed by atoms with van der Waals surface area (Å²) in [4.78, 5) is 25.9. The van der Waals surface area contributed by atoms with E-state index in [0.29, 0.717) is 5.52 Å². The van der Waals surface area contributed by atoms with Gasteiger partial charge >= 0.3 is 0 Å². The van der Waals surface area contributed by atoms with Crippen LogP contribution in [-0.4, -0.2) is 25.5 Å². The van der Waals surface area contributed by atoms with Gasteiger partial charge in [-0.05, 0) is 46.1 Å². The summed E-state index contributed by atoms with van der Waals surface area (Å²) in [5.74, 6) is -0.167. The molecule has 0 aliphatic rings. The van der Waals surface area contributed by atoms with E-state index in [2.05, 4.69) is 15.5 Å². The molecular formula is C23H31N5O2. The van der Waals surface area contributed by atoms with Gasteiger partial charge in [0.25, 0.3) is 5.56 Å². The second kappa shape index (κ2) is 8.05. The van der Waals surface area contributed by atoms with Gasteiger partial charge in [0.1, 0.15) is 12.1 Å². The van der Waals surface area contributed by atoms with Gasteiger partial charge in [0.05, 0.1) is 23.5 Å². The van der Waals surface area contributed by atoms with Crippen LogP contribution in [0.1, 0.15) is 70.3 Å². The predicted octanol–water partition coefficient (Wildman–Crippen LogP) is 3.66. The van der Waals surface area contributed by atoms with E-state index in [1.807, 2.05) is 72.7 Å². The van der Waals surface area contributed by atoms with Crippen LogP contribution >= 0.6 is 0 Å². The Morgan fingerprint density at radius 1 is 1.13 bits per heavy atom. The predicted molar refractivity (Wildman–Crippen MR) is 119 cm³/mol. The number of benzene rings is 1. The Morgan fingerprint density at radius 3 is 2.33 bits per heavy atom. The highest BCUT2D eigenvalue weighted by Gasteiger charge is 2.24. The number of rotatable bonds is 5. The SMILES string of the molecule is Cc1ccc([C@H](C)NC(=O)Cn2nc(C(C)C)c3cnn(C(C)(C)C)c3c2=O)cc1. The molecule has 0 unspecified atom stereocenters. The molecule has 1 aromatic carbocycles. The minimum Gasteiger partial charge on any atom is -0.348 e. The van der Waals surface area contributed by atoms with Crippen LogP contribution < -0.4 is 10.9 Å². The summed E-state index contributed by atoms with van der Waals surface area (Å²) in [6, 6.07) is 7.86. The van der Waals surface area contributed by atoms with Crippen molar-refractivity contribution in [3.05, 3.63) is 57.6 Å². The maximum Gasteiger partial charge on any atom is 0.293 e. The smallest absolute Gasteiger partial charge is 0.293 e. The molecule has 1 N–H and O–H groups in total. The molecule has 1 amide bonds. The quantitative estimate of drug-likeness (QED) is 0.697. The first-order valence-corrected chi connectivity index (χ1v) is 10.3. The molecule has 0 radical (unpaired) electrons. The molecule has 1 atom stereocenters. The summed E-state index contributed by atoms with van der Waals surface area (Å²) in [6.07, 6.45) is 1.70. The fourth-order valence-corrected chi connectivity index (χ4v) is 3.50. The van der Waals surface area contributed by atoms with Crippen molar-refractivity contribution in [1.82, 2.24) is 24.9 Å². The van der Waals surface area contributed by atoms with Crippen LogP contribution in [-0.2, 0) is 16.9 Å². The molecule has 0 saturated carbocycles. The molecule has 3 aromatic rings. The number of hydrogen-bond donors (Lipinski definition) is 1. The molecule has 2 aromatic heterocycles. The average molecular weight is 410 g/mol. The summed E-state index contributed by atoms with van der Waals surface area (Å²) >= 11 is 0. The number of nitrogens with one attached hydrogen (secondary N) is 1. The van der Waals surface area contributed by atoms with E-state index in [1.165, 1.54) is 4.68 Å². The second-order valence-corrected chi connectivity index (χ2v) is 9.19. The molecule has 3 rings (SSSR count). The molecule has 2 heterocycles. The molecular weight excluding hydrogens is 378 g/mol. The first-order chi connectivity index (χ1) is 14.0. The van der Waals surface area contributed by atoms with Crippen molar-refractivity contribution in [1.29, 1.82) is 0 Å². The zero-order chi connectivity index (χ0) is 22.2. The summed E-state index contributed by atoms with van der Waals surface area (Å²) in [7, 11) is 0. The summed E-state index contributed by atoms with van der Waals surface area (Å²) in [5, 5.41) is 12.7. The van der Waals surface area contributed by atoms with Gasteiger partial charge in [0, 0.05) is 5.39 Å². The van der Waals surface area contributed by atoms with Crippen LogP contribution in [0, 0.1) is 6.92 Å². The Balaban J connectivity index is 1.95. The number of carbonyl (C=O) groups excluding carboxylic acids is 1. The van der Waals surface area contributed by atoms with Gasteiger partial charge in [-0.25, -0.2) is 4.68 Å². The second-order valence-electron chi connectivity index (χ2n) is 9.19. The summed E-state index contributed by atoms with van der Waals surface area (Å²) in [6.45, 7) is 13.8. The molecule has 0 saturated heterocycles. The molecule has 160 valence electrons. The minimum absolute atomic E-state index is 0.0894. The van der Waals surface area contributed by atoms with E-state index in [-0.39, 0.29) is 35.5 Å². The number of hydrogen-bond acceptors (Lipinski definition) is 4. The molecule has 0 spiro atoms. The maximum absolute atomic E-state index is 13.2. The van der Waals surface area contributed by atoms with E-state index < -0.39 is 0 Å². The summed E-state index contributed by atoms with van der Waals surface area (Å²) < 4.78 is 2.99. The van der Waals surface area contributed by atoms with Gasteiger partial charge in [-0.1, -0.05) is 43.7 Å². The molecule has 7 heteroatoms. The van der Waals surface area contributed by atoms with Gasteiger partial charge in [0.15, 0.2) is 0 Å². The Bertz CT molecular complexity index is 1120. The molecule has 0 aliphatic heterocycles. The third kappa shape index (κ3) is 4.30. The highest BCUT2D eigenvalue weighted by molar-refractivity contribution is 5.81. The van der Waals surface area contributed by atoms with Crippen LogP contribution in [0.2, 0.25) is 0 Å². The van der Waals surface area contributed by atoms with E-state index in [0.717, 1.165) is 22.2 Å². The molecule has 0 aliphatic carbocycles. The topological polar surface area (TPSA) is 81.8 Å². The third-order valence-electron chi connectivity index (χ3n) is 5.14. The Kier molecular flexibility index (Phi) is 5.83. The van der Waals surface area contributed by atoms with Crippen LogP contribution in [0.3, 0.4) is 0 Å². The van der Waals surface area contributed by atoms with Gasteiger partial charge in [0.2, 0.25) is 5.91 Å². The Labute approximate surface area is 177 Å². The highest BCUT2D eigenvalue weighted by Crippen LogP contribution is 2.24. The fraction of sp³-hybridized carbons (Fsp3) is 0.478. The highest BCUT2D eigenvalue weighted by atomic mass is 16.2. The van der Waals surface area contributed by atoms with Gasteiger partial charge < -0.3 is 5.32 Å². The van der Waals surface area contributed by atoms with E-state index in [9.17, 15) is 9.59 Å². The lowest BCUT2D eigenvalue weighted by molar-refractivity contribution is -0.122. The Morgan fingerprint density at radius 2 is 1.77 bits per heavy atom. The summed E-state index contributed by atoms with van der Waals surface area (Å²) in [5.41, 5.74) is 2.76. The van der Waals surface area contributed by atoms with E-state index in [4.69, 9.17) is 0 Å². The zero-order valence-electron chi connectivity index (χ0n) is 18.9. The molecule has 30 heavy (non-hydrogen) atoms. The number of fused-ring (bicyclic) bond motifs is 1. The van der Waals surface area contributed by atoms with Crippen molar-refractivity contribution in [3.8, 4) is 0 Å². The van der Waals surface area contributed by atoms with Crippen LogP contribution in [0.25, 0.3) is 10.9 Å². The maximum atomic E-state index is 13.2. The number of aromatic nitrogens is 4. The van der Waals surface area contributed by atoms with E-state index >= 15 is 0 Å². The van der Waals surface area contributed by atoms with Crippen LogP contribution in [0.15, 0.2) is 35.3 Å². The van der Waals surface area contributed by atoms with Crippen molar-refractivity contribution in [2.75, 3.05) is 0 Å².